The number of benzene rings is 1. The number of rotatable bonds is 5. The van der Waals surface area contributed by atoms with Crippen LogP contribution in [-0.4, -0.2) is 18.0 Å². The molecule has 1 aromatic rings. The van der Waals surface area contributed by atoms with Crippen LogP contribution in [0.5, 0.6) is 0 Å². The highest BCUT2D eigenvalue weighted by Crippen LogP contribution is 2.27. The lowest BCUT2D eigenvalue weighted by Gasteiger charge is -2.29. The molecule has 0 saturated heterocycles. The lowest BCUT2D eigenvalue weighted by atomic mass is 9.85. The van der Waals surface area contributed by atoms with Crippen LogP contribution in [-0.2, 0) is 9.53 Å². The fraction of sp³-hybridized carbons (Fsp3) is 0.529. The van der Waals surface area contributed by atoms with E-state index in [4.69, 9.17) is 4.74 Å². The molecule has 0 fully saturated rings. The number of ether oxygens (including phenoxy) is 1. The molecule has 0 radical (unpaired) electrons. The Morgan fingerprint density at radius 1 is 1.23 bits per heavy atom. The summed E-state index contributed by atoms with van der Waals surface area (Å²) < 4.78 is 18.3. The second kappa shape index (κ2) is 7.38. The lowest BCUT2D eigenvalue weighted by Crippen LogP contribution is -2.39. The SMILES string of the molecule is CC(C)[C@@H](C=O)[C@H](NC(=O)OC(C)(C)C)c1ccc(F)cc1. The van der Waals surface area contributed by atoms with E-state index in [2.05, 4.69) is 5.32 Å². The van der Waals surface area contributed by atoms with E-state index in [0.29, 0.717) is 5.56 Å². The first-order valence-corrected chi connectivity index (χ1v) is 7.34. The molecule has 0 aliphatic carbocycles. The molecule has 1 rings (SSSR count). The molecule has 1 amide bonds. The quantitative estimate of drug-likeness (QED) is 0.840. The maximum atomic E-state index is 13.1. The molecule has 0 aliphatic rings. The predicted molar refractivity (Wildman–Crippen MR) is 82.9 cm³/mol. The van der Waals surface area contributed by atoms with Gasteiger partial charge >= 0.3 is 6.09 Å². The molecule has 0 bridgehead atoms. The van der Waals surface area contributed by atoms with Crippen LogP contribution >= 0.6 is 0 Å². The number of amides is 1. The van der Waals surface area contributed by atoms with Gasteiger partial charge in [-0.25, -0.2) is 9.18 Å². The summed E-state index contributed by atoms with van der Waals surface area (Å²) in [5, 5.41) is 2.73. The summed E-state index contributed by atoms with van der Waals surface area (Å²) in [4.78, 5) is 23.5. The molecule has 2 atom stereocenters. The molecule has 22 heavy (non-hydrogen) atoms. The summed E-state index contributed by atoms with van der Waals surface area (Å²) in [7, 11) is 0. The molecule has 0 saturated carbocycles. The maximum absolute atomic E-state index is 13.1. The first-order valence-electron chi connectivity index (χ1n) is 7.34. The van der Waals surface area contributed by atoms with E-state index in [1.807, 2.05) is 13.8 Å². The van der Waals surface area contributed by atoms with Crippen LogP contribution in [0.3, 0.4) is 0 Å². The molecule has 1 aromatic carbocycles. The molecule has 0 spiro atoms. The molecular formula is C17H24FNO3. The summed E-state index contributed by atoms with van der Waals surface area (Å²) in [5.74, 6) is -0.785. The fourth-order valence-electron chi connectivity index (χ4n) is 2.13. The van der Waals surface area contributed by atoms with Gasteiger partial charge in [0.05, 0.1) is 6.04 Å². The van der Waals surface area contributed by atoms with Crippen molar-refractivity contribution in [2.45, 2.75) is 46.3 Å². The Labute approximate surface area is 131 Å². The third kappa shape index (κ3) is 5.47. The fourth-order valence-corrected chi connectivity index (χ4v) is 2.13. The molecule has 4 nitrogen and oxygen atoms in total. The Bertz CT molecular complexity index is 506. The monoisotopic (exact) mass is 309 g/mol. The van der Waals surface area contributed by atoms with Crippen LogP contribution in [0.25, 0.3) is 0 Å². The van der Waals surface area contributed by atoms with Crippen LogP contribution < -0.4 is 5.32 Å². The van der Waals surface area contributed by atoms with Crippen molar-refractivity contribution in [3.8, 4) is 0 Å². The number of hydrogen-bond acceptors (Lipinski definition) is 3. The lowest BCUT2D eigenvalue weighted by molar-refractivity contribution is -0.113. The molecule has 0 aromatic heterocycles. The Hall–Kier alpha value is -1.91. The van der Waals surface area contributed by atoms with Gasteiger partial charge in [-0.2, -0.15) is 0 Å². The van der Waals surface area contributed by atoms with Crippen LogP contribution in [0.2, 0.25) is 0 Å². The number of halogens is 1. The third-order valence-electron chi connectivity index (χ3n) is 3.21. The van der Waals surface area contributed by atoms with Gasteiger partial charge < -0.3 is 14.8 Å². The van der Waals surface area contributed by atoms with Crippen molar-refractivity contribution in [2.24, 2.45) is 11.8 Å². The highest BCUT2D eigenvalue weighted by molar-refractivity contribution is 5.69. The molecule has 0 aliphatic heterocycles. The van der Waals surface area contributed by atoms with Crippen molar-refractivity contribution in [2.75, 3.05) is 0 Å². The molecule has 122 valence electrons. The van der Waals surface area contributed by atoms with Crippen molar-refractivity contribution in [3.63, 3.8) is 0 Å². The summed E-state index contributed by atoms with van der Waals surface area (Å²) in [6.45, 7) is 9.08. The summed E-state index contributed by atoms with van der Waals surface area (Å²) in [5.41, 5.74) is 0.0319. The van der Waals surface area contributed by atoms with Crippen molar-refractivity contribution in [1.29, 1.82) is 0 Å². The predicted octanol–water partition coefficient (Wildman–Crippen LogP) is 3.86. The Morgan fingerprint density at radius 3 is 2.18 bits per heavy atom. The summed E-state index contributed by atoms with van der Waals surface area (Å²) in [6, 6.07) is 5.18. The first-order chi connectivity index (χ1) is 10.1. The van der Waals surface area contributed by atoms with Crippen molar-refractivity contribution >= 4 is 12.4 Å². The van der Waals surface area contributed by atoms with Gasteiger partial charge in [0, 0.05) is 5.92 Å². The van der Waals surface area contributed by atoms with Crippen LogP contribution in [0.15, 0.2) is 24.3 Å². The number of alkyl carbamates (subject to hydrolysis) is 1. The minimum Gasteiger partial charge on any atom is -0.444 e. The van der Waals surface area contributed by atoms with Gasteiger partial charge in [0.2, 0.25) is 0 Å². The normalized spacial score (nSPS) is 14.3. The Kier molecular flexibility index (Phi) is 6.09. The highest BCUT2D eigenvalue weighted by Gasteiger charge is 2.29. The molecule has 1 N–H and O–H groups in total. The molecule has 5 heteroatoms. The third-order valence-corrected chi connectivity index (χ3v) is 3.21. The zero-order valence-corrected chi connectivity index (χ0v) is 13.7. The number of carbonyl (C=O) groups excluding carboxylic acids is 2. The summed E-state index contributed by atoms with van der Waals surface area (Å²) in [6.07, 6.45) is 0.213. The van der Waals surface area contributed by atoms with E-state index >= 15 is 0 Å². The van der Waals surface area contributed by atoms with Gasteiger partial charge in [0.1, 0.15) is 17.7 Å². The topological polar surface area (TPSA) is 55.4 Å². The van der Waals surface area contributed by atoms with E-state index in [9.17, 15) is 14.0 Å². The van der Waals surface area contributed by atoms with Gasteiger partial charge in [-0.15, -0.1) is 0 Å². The zero-order chi connectivity index (χ0) is 16.9. The Balaban J connectivity index is 3.03. The second-order valence-electron chi connectivity index (χ2n) is 6.63. The average molecular weight is 309 g/mol. The van der Waals surface area contributed by atoms with Crippen molar-refractivity contribution < 1.29 is 18.7 Å². The van der Waals surface area contributed by atoms with Gasteiger partial charge in [0.15, 0.2) is 0 Å². The van der Waals surface area contributed by atoms with Gasteiger partial charge in [0.25, 0.3) is 0 Å². The minimum absolute atomic E-state index is 0.0162. The van der Waals surface area contributed by atoms with Crippen molar-refractivity contribution in [3.05, 3.63) is 35.6 Å². The van der Waals surface area contributed by atoms with E-state index < -0.39 is 23.7 Å². The minimum atomic E-state index is -0.633. The number of carbonyl (C=O) groups is 2. The largest absolute Gasteiger partial charge is 0.444 e. The Morgan fingerprint density at radius 2 is 1.77 bits per heavy atom. The van der Waals surface area contributed by atoms with E-state index in [1.165, 1.54) is 12.1 Å². The van der Waals surface area contributed by atoms with Crippen LogP contribution in [0.4, 0.5) is 9.18 Å². The number of hydrogen-bond donors (Lipinski definition) is 1. The van der Waals surface area contributed by atoms with Gasteiger partial charge in [-0.05, 0) is 44.4 Å². The van der Waals surface area contributed by atoms with E-state index in [0.717, 1.165) is 6.29 Å². The van der Waals surface area contributed by atoms with E-state index in [-0.39, 0.29) is 11.7 Å². The number of aldehydes is 1. The average Bonchev–Trinajstić information content (AvgIpc) is 2.36. The standard InChI is InChI=1S/C17H24FNO3/c1-11(2)14(10-20)15(12-6-8-13(18)9-7-12)19-16(21)22-17(3,4)5/h6-11,14-15H,1-5H3,(H,19,21)/t14-,15-/m1/s1. The first kappa shape index (κ1) is 18.1. The molecule has 0 unspecified atom stereocenters. The maximum Gasteiger partial charge on any atom is 0.408 e. The second-order valence-corrected chi connectivity index (χ2v) is 6.63. The number of nitrogens with one attached hydrogen (secondary N) is 1. The van der Waals surface area contributed by atoms with Gasteiger partial charge in [-0.3, -0.25) is 0 Å². The zero-order valence-electron chi connectivity index (χ0n) is 13.7. The molecular weight excluding hydrogens is 285 g/mol. The van der Waals surface area contributed by atoms with Crippen LogP contribution in [0.1, 0.15) is 46.2 Å². The van der Waals surface area contributed by atoms with Crippen molar-refractivity contribution in [1.82, 2.24) is 5.32 Å². The van der Waals surface area contributed by atoms with Crippen LogP contribution in [0, 0.1) is 17.7 Å². The van der Waals surface area contributed by atoms with Gasteiger partial charge in [-0.1, -0.05) is 26.0 Å². The molecule has 0 heterocycles. The summed E-state index contributed by atoms with van der Waals surface area (Å²) >= 11 is 0. The van der Waals surface area contributed by atoms with E-state index in [1.54, 1.807) is 32.9 Å². The highest BCUT2D eigenvalue weighted by atomic mass is 19.1. The smallest absolute Gasteiger partial charge is 0.408 e.